The summed E-state index contributed by atoms with van der Waals surface area (Å²) < 4.78 is 37.4. The number of hydrogen-bond donors (Lipinski definition) is 1. The maximum atomic E-state index is 12.7. The van der Waals surface area contributed by atoms with Crippen LogP contribution in [0.15, 0.2) is 29.2 Å². The number of benzene rings is 1. The summed E-state index contributed by atoms with van der Waals surface area (Å²) in [6.07, 6.45) is 0. The Kier molecular flexibility index (Phi) is 4.19. The van der Waals surface area contributed by atoms with Gasteiger partial charge in [-0.15, -0.1) is 0 Å². The second-order valence-electron chi connectivity index (χ2n) is 3.34. The molecule has 17 heavy (non-hydrogen) atoms. The molecule has 1 amide bonds. The van der Waals surface area contributed by atoms with Gasteiger partial charge in [0.1, 0.15) is 5.82 Å². The summed E-state index contributed by atoms with van der Waals surface area (Å²) in [5.74, 6) is -1.17. The van der Waals surface area contributed by atoms with Crippen molar-refractivity contribution in [1.82, 2.24) is 4.31 Å². The van der Waals surface area contributed by atoms with E-state index in [9.17, 15) is 17.6 Å². The molecule has 0 aromatic heterocycles. The van der Waals surface area contributed by atoms with E-state index in [-0.39, 0.29) is 18.0 Å². The molecule has 0 radical (unpaired) electrons. The molecule has 94 valence electrons. The summed E-state index contributed by atoms with van der Waals surface area (Å²) in [6, 6.07) is 4.26. The van der Waals surface area contributed by atoms with Crippen LogP contribution in [0.25, 0.3) is 0 Å². The molecule has 1 rings (SSSR count). The quantitative estimate of drug-likeness (QED) is 0.845. The first-order valence-corrected chi connectivity index (χ1v) is 6.32. The highest BCUT2D eigenvalue weighted by Gasteiger charge is 2.25. The molecule has 7 heteroatoms. The molecule has 0 spiro atoms. The average Bonchev–Trinajstić information content (AvgIpc) is 2.25. The third-order valence-electron chi connectivity index (χ3n) is 2.09. The first-order chi connectivity index (χ1) is 7.89. The van der Waals surface area contributed by atoms with Gasteiger partial charge in [0.15, 0.2) is 0 Å². The summed E-state index contributed by atoms with van der Waals surface area (Å²) in [6.45, 7) is 1.06. The number of rotatable bonds is 4. The van der Waals surface area contributed by atoms with Gasteiger partial charge in [-0.25, -0.2) is 17.1 Å². The van der Waals surface area contributed by atoms with Gasteiger partial charge in [-0.2, -0.15) is 0 Å². The lowest BCUT2D eigenvalue weighted by Crippen LogP contribution is -2.38. The minimum absolute atomic E-state index is 0.0278. The van der Waals surface area contributed by atoms with Gasteiger partial charge >= 0.3 is 0 Å². The van der Waals surface area contributed by atoms with E-state index in [0.29, 0.717) is 4.31 Å². The van der Waals surface area contributed by atoms with Gasteiger partial charge in [-0.1, -0.05) is 0 Å². The molecular weight excluding hydrogens is 247 g/mol. The fourth-order valence-electron chi connectivity index (χ4n) is 1.30. The van der Waals surface area contributed by atoms with Crippen LogP contribution in [0.4, 0.5) is 4.39 Å². The molecule has 1 aromatic carbocycles. The summed E-state index contributed by atoms with van der Waals surface area (Å²) in [7, 11) is -3.94. The molecular formula is C10H13FN2O3S. The highest BCUT2D eigenvalue weighted by Crippen LogP contribution is 2.15. The van der Waals surface area contributed by atoms with Crippen molar-refractivity contribution in [2.75, 3.05) is 13.1 Å². The van der Waals surface area contributed by atoms with Crippen LogP contribution in [0.1, 0.15) is 6.92 Å². The third-order valence-corrected chi connectivity index (χ3v) is 3.97. The number of halogens is 1. The molecule has 0 unspecified atom stereocenters. The van der Waals surface area contributed by atoms with E-state index in [4.69, 9.17) is 5.73 Å². The molecule has 5 nitrogen and oxygen atoms in total. The molecule has 0 heterocycles. The zero-order chi connectivity index (χ0) is 13.1. The lowest BCUT2D eigenvalue weighted by atomic mass is 10.4. The van der Waals surface area contributed by atoms with Crippen molar-refractivity contribution in [1.29, 1.82) is 0 Å². The van der Waals surface area contributed by atoms with Crippen LogP contribution in [0.2, 0.25) is 0 Å². The molecule has 2 N–H and O–H groups in total. The average molecular weight is 260 g/mol. The summed E-state index contributed by atoms with van der Waals surface area (Å²) in [4.78, 5) is 11.1. The predicted octanol–water partition coefficient (Wildman–Crippen LogP) is 0.322. The van der Waals surface area contributed by atoms with Crippen LogP contribution in [0, 0.1) is 5.82 Å². The minimum atomic E-state index is -3.94. The summed E-state index contributed by atoms with van der Waals surface area (Å²) >= 11 is 0. The zero-order valence-corrected chi connectivity index (χ0v) is 10.1. The van der Waals surface area contributed by atoms with Crippen LogP contribution >= 0.6 is 0 Å². The minimum Gasteiger partial charge on any atom is -0.329 e. The first kappa shape index (κ1) is 13.6. The maximum absolute atomic E-state index is 12.7. The number of carbonyl (C=O) groups is 1. The lowest BCUT2D eigenvalue weighted by Gasteiger charge is -2.20. The van der Waals surface area contributed by atoms with E-state index in [0.717, 1.165) is 31.2 Å². The monoisotopic (exact) mass is 260 g/mol. The zero-order valence-electron chi connectivity index (χ0n) is 9.26. The van der Waals surface area contributed by atoms with E-state index in [1.165, 1.54) is 0 Å². The van der Waals surface area contributed by atoms with Crippen molar-refractivity contribution in [3.63, 3.8) is 0 Å². The first-order valence-electron chi connectivity index (χ1n) is 4.88. The Balaban J connectivity index is 3.16. The highest BCUT2D eigenvalue weighted by atomic mass is 32.2. The second-order valence-corrected chi connectivity index (χ2v) is 5.20. The van der Waals surface area contributed by atoms with Crippen LogP contribution < -0.4 is 5.73 Å². The van der Waals surface area contributed by atoms with Crippen molar-refractivity contribution in [2.24, 2.45) is 5.73 Å². The van der Waals surface area contributed by atoms with Gasteiger partial charge < -0.3 is 5.73 Å². The Labute approximate surface area is 99.1 Å². The SMILES string of the molecule is CC(=O)N(CCN)S(=O)(=O)c1ccc(F)cc1. The Hall–Kier alpha value is -1.47. The van der Waals surface area contributed by atoms with Crippen LogP contribution in [0.3, 0.4) is 0 Å². The molecule has 1 aromatic rings. The topological polar surface area (TPSA) is 80.5 Å². The van der Waals surface area contributed by atoms with Gasteiger partial charge in [-0.05, 0) is 24.3 Å². The Morgan fingerprint density at radius 2 is 1.88 bits per heavy atom. The molecule has 0 fully saturated rings. The summed E-state index contributed by atoms with van der Waals surface area (Å²) in [5.41, 5.74) is 5.25. The van der Waals surface area contributed by atoms with Gasteiger partial charge in [0, 0.05) is 20.0 Å². The van der Waals surface area contributed by atoms with E-state index in [1.807, 2.05) is 0 Å². The molecule has 0 saturated carbocycles. The normalized spacial score (nSPS) is 11.2. The van der Waals surface area contributed by atoms with Crippen LogP contribution in [0.5, 0.6) is 0 Å². The molecule has 0 atom stereocenters. The van der Waals surface area contributed by atoms with Crippen LogP contribution in [-0.2, 0) is 14.8 Å². The molecule has 0 aliphatic heterocycles. The van der Waals surface area contributed by atoms with Gasteiger partial charge in [0.2, 0.25) is 5.91 Å². The Morgan fingerprint density at radius 1 is 1.35 bits per heavy atom. The smallest absolute Gasteiger partial charge is 0.266 e. The van der Waals surface area contributed by atoms with Crippen molar-refractivity contribution >= 4 is 15.9 Å². The third kappa shape index (κ3) is 3.01. The highest BCUT2D eigenvalue weighted by molar-refractivity contribution is 7.89. The van der Waals surface area contributed by atoms with E-state index >= 15 is 0 Å². The van der Waals surface area contributed by atoms with Crippen molar-refractivity contribution in [3.05, 3.63) is 30.1 Å². The fourth-order valence-corrected chi connectivity index (χ4v) is 2.72. The number of nitrogens with two attached hydrogens (primary N) is 1. The standard InChI is InChI=1S/C10H13FN2O3S/c1-8(14)13(7-6-12)17(15,16)10-4-2-9(11)3-5-10/h2-5H,6-7,12H2,1H3. The maximum Gasteiger partial charge on any atom is 0.266 e. The van der Waals surface area contributed by atoms with Gasteiger partial charge in [0.05, 0.1) is 4.90 Å². The van der Waals surface area contributed by atoms with Crippen molar-refractivity contribution in [3.8, 4) is 0 Å². The number of hydrogen-bond acceptors (Lipinski definition) is 4. The Bertz CT molecular complexity index is 499. The van der Waals surface area contributed by atoms with E-state index in [2.05, 4.69) is 0 Å². The number of sulfonamides is 1. The summed E-state index contributed by atoms with van der Waals surface area (Å²) in [5, 5.41) is 0. The van der Waals surface area contributed by atoms with Gasteiger partial charge in [-0.3, -0.25) is 4.79 Å². The van der Waals surface area contributed by atoms with Gasteiger partial charge in [0.25, 0.3) is 10.0 Å². The van der Waals surface area contributed by atoms with E-state index in [1.54, 1.807) is 0 Å². The predicted molar refractivity (Wildman–Crippen MR) is 60.0 cm³/mol. The molecule has 0 saturated heterocycles. The second kappa shape index (κ2) is 5.24. The van der Waals surface area contributed by atoms with Crippen molar-refractivity contribution in [2.45, 2.75) is 11.8 Å². The molecule has 0 aliphatic rings. The number of carbonyl (C=O) groups excluding carboxylic acids is 1. The molecule has 0 bridgehead atoms. The lowest BCUT2D eigenvalue weighted by molar-refractivity contribution is -0.124. The Morgan fingerprint density at radius 3 is 2.29 bits per heavy atom. The number of nitrogens with zero attached hydrogens (tertiary/aromatic N) is 1. The van der Waals surface area contributed by atoms with Crippen molar-refractivity contribution < 1.29 is 17.6 Å². The molecule has 0 aliphatic carbocycles. The van der Waals surface area contributed by atoms with Crippen LogP contribution in [-0.4, -0.2) is 31.7 Å². The number of amides is 1. The fraction of sp³-hybridized carbons (Fsp3) is 0.300. The largest absolute Gasteiger partial charge is 0.329 e. The van der Waals surface area contributed by atoms with E-state index < -0.39 is 21.7 Å².